The molecule has 2 heterocycles. The van der Waals surface area contributed by atoms with Gasteiger partial charge in [0.1, 0.15) is 0 Å². The number of hydrogen-bond acceptors (Lipinski definition) is 4. The van der Waals surface area contributed by atoms with Gasteiger partial charge in [-0.3, -0.25) is 9.48 Å². The molecule has 1 aliphatic rings. The minimum absolute atomic E-state index is 0.329. The van der Waals surface area contributed by atoms with Crippen molar-refractivity contribution < 1.29 is 14.3 Å². The fourth-order valence-electron chi connectivity index (χ4n) is 3.10. The molecule has 1 N–H and O–H groups in total. The first-order valence-corrected chi connectivity index (χ1v) is 8.21. The van der Waals surface area contributed by atoms with Gasteiger partial charge >= 0.3 is 5.97 Å². The Bertz CT molecular complexity index is 977. The van der Waals surface area contributed by atoms with Crippen molar-refractivity contribution >= 4 is 28.5 Å². The van der Waals surface area contributed by atoms with Crippen molar-refractivity contribution in [1.29, 1.82) is 0 Å². The number of aryl methyl sites for hydroxylation is 1. The summed E-state index contributed by atoms with van der Waals surface area (Å²) in [6, 6.07) is 12.8. The predicted molar refractivity (Wildman–Crippen MR) is 93.4 cm³/mol. The third-order valence-corrected chi connectivity index (χ3v) is 4.40. The minimum Gasteiger partial charge on any atom is -0.448 e. The highest BCUT2D eigenvalue weighted by Crippen LogP contribution is 2.23. The van der Waals surface area contributed by atoms with Crippen LogP contribution in [0.1, 0.15) is 22.8 Å². The number of ether oxygens (including phenoxy) is 1. The van der Waals surface area contributed by atoms with Gasteiger partial charge in [-0.25, -0.2) is 4.79 Å². The van der Waals surface area contributed by atoms with Gasteiger partial charge in [-0.05, 0) is 36.8 Å². The monoisotopic (exact) mass is 335 g/mol. The highest BCUT2D eigenvalue weighted by Gasteiger charge is 2.31. The number of fused-ring (bicyclic) bond motifs is 2. The number of hydrogen-bond donors (Lipinski definition) is 1. The van der Waals surface area contributed by atoms with Gasteiger partial charge in [0.15, 0.2) is 6.10 Å². The fourth-order valence-corrected chi connectivity index (χ4v) is 3.10. The summed E-state index contributed by atoms with van der Waals surface area (Å²) in [5.74, 6) is -0.786. The number of cyclic esters (lactones) is 1. The summed E-state index contributed by atoms with van der Waals surface area (Å²) < 4.78 is 7.16. The minimum atomic E-state index is -0.825. The lowest BCUT2D eigenvalue weighted by atomic mass is 9.98. The maximum Gasteiger partial charge on any atom is 0.339 e. The second-order valence-electron chi connectivity index (χ2n) is 5.98. The Morgan fingerprint density at radius 3 is 3.00 bits per heavy atom. The number of carbonyl (C=O) groups is 2. The molecule has 3 aromatic rings. The molecule has 0 saturated carbocycles. The van der Waals surface area contributed by atoms with Gasteiger partial charge in [0.25, 0.3) is 5.91 Å². The third-order valence-electron chi connectivity index (χ3n) is 4.40. The number of anilines is 1. The van der Waals surface area contributed by atoms with Crippen LogP contribution in [0.5, 0.6) is 0 Å². The van der Waals surface area contributed by atoms with E-state index in [1.165, 1.54) is 0 Å². The number of esters is 1. The normalized spacial score (nSPS) is 16.4. The van der Waals surface area contributed by atoms with Crippen molar-refractivity contribution in [1.82, 2.24) is 9.78 Å². The van der Waals surface area contributed by atoms with Crippen LogP contribution in [-0.4, -0.2) is 27.8 Å². The van der Waals surface area contributed by atoms with Crippen LogP contribution in [0, 0.1) is 0 Å². The number of carbonyl (C=O) groups excluding carboxylic acids is 2. The van der Waals surface area contributed by atoms with Crippen LogP contribution >= 0.6 is 0 Å². The lowest BCUT2D eigenvalue weighted by Crippen LogP contribution is -2.37. The number of nitrogens with one attached hydrogen (secondary N) is 1. The first kappa shape index (κ1) is 15.4. The molecular weight excluding hydrogens is 318 g/mol. The smallest absolute Gasteiger partial charge is 0.339 e. The number of nitrogens with zero attached hydrogens (tertiary/aromatic N) is 2. The molecular formula is C19H17N3O3. The van der Waals surface area contributed by atoms with E-state index in [9.17, 15) is 9.59 Å². The standard InChI is InChI=1S/C19H17N3O3/c1-2-22-16-10-14(8-7-13(16)11-20-22)21-18(23)17-9-12-5-3-4-6-15(12)19(24)25-17/h3-8,10-11,17H,2,9H2,1H3,(H,21,23)/t17-/m1/s1. The van der Waals surface area contributed by atoms with Crippen molar-refractivity contribution in [3.63, 3.8) is 0 Å². The summed E-state index contributed by atoms with van der Waals surface area (Å²) in [4.78, 5) is 24.6. The molecule has 0 saturated heterocycles. The Kier molecular flexibility index (Phi) is 3.72. The summed E-state index contributed by atoms with van der Waals surface area (Å²) >= 11 is 0. The summed E-state index contributed by atoms with van der Waals surface area (Å²) in [7, 11) is 0. The van der Waals surface area contributed by atoms with Gasteiger partial charge in [-0.1, -0.05) is 18.2 Å². The second-order valence-corrected chi connectivity index (χ2v) is 5.98. The van der Waals surface area contributed by atoms with Crippen LogP contribution in [0.4, 0.5) is 5.69 Å². The summed E-state index contributed by atoms with van der Waals surface area (Å²) in [6.07, 6.45) is 1.35. The summed E-state index contributed by atoms with van der Waals surface area (Å²) in [5, 5.41) is 8.14. The molecule has 25 heavy (non-hydrogen) atoms. The van der Waals surface area contributed by atoms with Crippen LogP contribution in [0.15, 0.2) is 48.7 Å². The zero-order valence-corrected chi connectivity index (χ0v) is 13.7. The molecule has 4 rings (SSSR count). The molecule has 0 aliphatic carbocycles. The maximum absolute atomic E-state index is 12.5. The molecule has 0 radical (unpaired) electrons. The van der Waals surface area contributed by atoms with E-state index in [0.717, 1.165) is 23.0 Å². The molecule has 6 nitrogen and oxygen atoms in total. The first-order chi connectivity index (χ1) is 12.2. The molecule has 1 aliphatic heterocycles. The van der Waals surface area contributed by atoms with E-state index in [0.29, 0.717) is 17.7 Å². The molecule has 0 fully saturated rings. The number of rotatable bonds is 3. The fraction of sp³-hybridized carbons (Fsp3) is 0.211. The van der Waals surface area contributed by atoms with Crippen LogP contribution in [0.3, 0.4) is 0 Å². The molecule has 0 spiro atoms. The van der Waals surface area contributed by atoms with Gasteiger partial charge in [0.2, 0.25) is 0 Å². The van der Waals surface area contributed by atoms with Gasteiger partial charge in [-0.15, -0.1) is 0 Å². The van der Waals surface area contributed by atoms with E-state index in [-0.39, 0.29) is 5.91 Å². The largest absolute Gasteiger partial charge is 0.448 e. The third kappa shape index (κ3) is 2.76. The summed E-state index contributed by atoms with van der Waals surface area (Å²) in [5.41, 5.74) is 2.96. The SMILES string of the molecule is CCn1ncc2ccc(NC(=O)[C@H]3Cc4ccccc4C(=O)O3)cc21. The van der Waals surface area contributed by atoms with E-state index < -0.39 is 12.1 Å². The zero-order valence-electron chi connectivity index (χ0n) is 13.7. The van der Waals surface area contributed by atoms with E-state index >= 15 is 0 Å². The van der Waals surface area contributed by atoms with Crippen LogP contribution in [0.2, 0.25) is 0 Å². The average molecular weight is 335 g/mol. The molecule has 2 aromatic carbocycles. The lowest BCUT2D eigenvalue weighted by molar-refractivity contribution is -0.125. The van der Waals surface area contributed by atoms with Crippen molar-refractivity contribution in [2.45, 2.75) is 26.0 Å². The molecule has 126 valence electrons. The Hall–Kier alpha value is -3.15. The first-order valence-electron chi connectivity index (χ1n) is 8.21. The molecule has 1 atom stereocenters. The highest BCUT2D eigenvalue weighted by molar-refractivity contribution is 6.00. The molecule has 1 aromatic heterocycles. The molecule has 1 amide bonds. The van der Waals surface area contributed by atoms with Gasteiger partial charge in [0, 0.05) is 24.0 Å². The van der Waals surface area contributed by atoms with Gasteiger partial charge in [-0.2, -0.15) is 5.10 Å². The van der Waals surface area contributed by atoms with E-state index in [1.54, 1.807) is 18.3 Å². The number of benzene rings is 2. The number of amides is 1. The van der Waals surface area contributed by atoms with Crippen LogP contribution in [-0.2, 0) is 22.5 Å². The predicted octanol–water partition coefficient (Wildman–Crippen LogP) is 2.78. The van der Waals surface area contributed by atoms with E-state index in [1.807, 2.05) is 41.9 Å². The van der Waals surface area contributed by atoms with Crippen LogP contribution in [0.25, 0.3) is 10.9 Å². The maximum atomic E-state index is 12.5. The molecule has 0 unspecified atom stereocenters. The van der Waals surface area contributed by atoms with Crippen LogP contribution < -0.4 is 5.32 Å². The molecule has 0 bridgehead atoms. The Balaban J connectivity index is 1.55. The van der Waals surface area contributed by atoms with Crippen molar-refractivity contribution in [2.75, 3.05) is 5.32 Å². The van der Waals surface area contributed by atoms with Crippen molar-refractivity contribution in [3.8, 4) is 0 Å². The molecule has 6 heteroatoms. The second kappa shape index (κ2) is 6.05. The van der Waals surface area contributed by atoms with Gasteiger partial charge in [0.05, 0.1) is 17.3 Å². The number of aromatic nitrogens is 2. The average Bonchev–Trinajstić information content (AvgIpc) is 3.04. The Morgan fingerprint density at radius 1 is 1.32 bits per heavy atom. The summed E-state index contributed by atoms with van der Waals surface area (Å²) in [6.45, 7) is 2.76. The topological polar surface area (TPSA) is 73.2 Å². The quantitative estimate of drug-likeness (QED) is 0.747. The van der Waals surface area contributed by atoms with Gasteiger partial charge < -0.3 is 10.1 Å². The van der Waals surface area contributed by atoms with E-state index in [4.69, 9.17) is 4.74 Å². The van der Waals surface area contributed by atoms with E-state index in [2.05, 4.69) is 10.4 Å². The highest BCUT2D eigenvalue weighted by atomic mass is 16.5. The Morgan fingerprint density at radius 2 is 2.16 bits per heavy atom. The van der Waals surface area contributed by atoms with Crippen molar-refractivity contribution in [2.24, 2.45) is 0 Å². The zero-order chi connectivity index (χ0) is 17.4. The van der Waals surface area contributed by atoms with Crippen molar-refractivity contribution in [3.05, 3.63) is 59.8 Å². The lowest BCUT2D eigenvalue weighted by Gasteiger charge is -2.23. The Labute approximate surface area is 144 Å².